The summed E-state index contributed by atoms with van der Waals surface area (Å²) in [7, 11) is 0. The molecule has 0 heterocycles. The average Bonchev–Trinajstić information content (AvgIpc) is 2.90. The van der Waals surface area contributed by atoms with Gasteiger partial charge in [-0.15, -0.1) is 11.6 Å². The molecule has 0 aliphatic heterocycles. The Balaban J connectivity index is 0.000000199. The molecule has 18 heavy (non-hydrogen) atoms. The number of hydrogen-bond acceptors (Lipinski definition) is 0. The van der Waals surface area contributed by atoms with Gasteiger partial charge in [0.05, 0.1) is 0 Å². The number of hydrogen-bond donors (Lipinski definition) is 0. The number of rotatable bonds is 0. The molecule has 1 unspecified atom stereocenters. The molecule has 0 bridgehead atoms. The molecule has 0 spiro atoms. The van der Waals surface area contributed by atoms with E-state index in [2.05, 4.69) is 63.3 Å². The quantitative estimate of drug-likeness (QED) is 0.622. The van der Waals surface area contributed by atoms with E-state index in [0.29, 0.717) is 5.92 Å². The van der Waals surface area contributed by atoms with Crippen LogP contribution in [0.4, 0.5) is 0 Å². The standard InChI is InChI=1S/C11H11.C6H7.Zr/c1-8-3-6-11-9(2)4-5-10(11)7-8;1-6-4-2-3-5-6;/h3,5-7,9H,1-2H3;2-5H,1H3;/q2*-1;+2. The van der Waals surface area contributed by atoms with Crippen LogP contribution >= 0.6 is 0 Å². The van der Waals surface area contributed by atoms with Crippen molar-refractivity contribution in [3.63, 3.8) is 0 Å². The summed E-state index contributed by atoms with van der Waals surface area (Å²) in [5.74, 6) is 0.491. The molecule has 1 aliphatic rings. The van der Waals surface area contributed by atoms with E-state index >= 15 is 0 Å². The third kappa shape index (κ3) is 3.85. The van der Waals surface area contributed by atoms with Gasteiger partial charge in [-0.2, -0.15) is 23.3 Å². The smallest absolute Gasteiger partial charge is 0.269 e. The molecule has 1 aliphatic carbocycles. The molecule has 0 saturated heterocycles. The van der Waals surface area contributed by atoms with Crippen LogP contribution in [0.2, 0.25) is 0 Å². The second kappa shape index (κ2) is 6.95. The molecule has 0 amide bonds. The van der Waals surface area contributed by atoms with Gasteiger partial charge in [0.15, 0.2) is 0 Å². The number of allylic oxidation sites excluding steroid dienone is 1. The summed E-state index contributed by atoms with van der Waals surface area (Å²) in [5, 5.41) is 0. The van der Waals surface area contributed by atoms with E-state index < -0.39 is 0 Å². The van der Waals surface area contributed by atoms with E-state index in [1.165, 1.54) is 22.3 Å². The van der Waals surface area contributed by atoms with Crippen LogP contribution in [0.15, 0.2) is 42.5 Å². The van der Waals surface area contributed by atoms with E-state index in [1.807, 2.05) is 12.1 Å². The van der Waals surface area contributed by atoms with E-state index in [9.17, 15) is 0 Å². The van der Waals surface area contributed by atoms with Crippen molar-refractivity contribution in [3.05, 3.63) is 70.8 Å². The zero-order valence-electron chi connectivity index (χ0n) is 11.2. The van der Waals surface area contributed by atoms with E-state index in [1.54, 1.807) is 0 Å². The van der Waals surface area contributed by atoms with Gasteiger partial charge >= 0.3 is 26.2 Å². The normalized spacial score (nSPS) is 15.4. The molecule has 90 valence electrons. The molecule has 0 nitrogen and oxygen atoms in total. The van der Waals surface area contributed by atoms with Crippen LogP contribution in [0, 0.1) is 19.9 Å². The first-order chi connectivity index (χ1) is 8.16. The minimum Gasteiger partial charge on any atom is -0.269 e. The third-order valence-electron chi connectivity index (χ3n) is 3.03. The minimum absolute atomic E-state index is 0. The van der Waals surface area contributed by atoms with Gasteiger partial charge in [0, 0.05) is 0 Å². The van der Waals surface area contributed by atoms with Gasteiger partial charge < -0.3 is 0 Å². The van der Waals surface area contributed by atoms with E-state index in [-0.39, 0.29) is 26.2 Å². The molecule has 2 aromatic rings. The molecule has 0 aromatic heterocycles. The first-order valence-electron chi connectivity index (χ1n) is 6.05. The first kappa shape index (κ1) is 15.3. The Hall–Kier alpha value is -0.807. The number of benzene rings is 1. The van der Waals surface area contributed by atoms with Crippen LogP contribution in [0.25, 0.3) is 6.08 Å². The largest absolute Gasteiger partial charge is 2.00 e. The topological polar surface area (TPSA) is 0 Å². The van der Waals surface area contributed by atoms with E-state index in [0.717, 1.165) is 0 Å². The van der Waals surface area contributed by atoms with Gasteiger partial charge in [-0.3, -0.25) is 6.08 Å². The van der Waals surface area contributed by atoms with Crippen molar-refractivity contribution in [2.24, 2.45) is 0 Å². The van der Waals surface area contributed by atoms with Gasteiger partial charge in [-0.05, 0) is 6.92 Å². The summed E-state index contributed by atoms with van der Waals surface area (Å²) >= 11 is 0. The molecule has 0 saturated carbocycles. The molecule has 3 rings (SSSR count). The van der Waals surface area contributed by atoms with Crippen molar-refractivity contribution >= 4 is 6.08 Å². The fourth-order valence-corrected chi connectivity index (χ4v) is 1.99. The Bertz CT molecular complexity index is 506. The van der Waals surface area contributed by atoms with Crippen LogP contribution < -0.4 is 0 Å². The Morgan fingerprint density at radius 1 is 1.17 bits per heavy atom. The maximum absolute atomic E-state index is 3.29. The van der Waals surface area contributed by atoms with Crippen molar-refractivity contribution in [2.45, 2.75) is 26.7 Å². The van der Waals surface area contributed by atoms with Crippen molar-refractivity contribution in [1.29, 1.82) is 0 Å². The Morgan fingerprint density at radius 2 is 1.83 bits per heavy atom. The fourth-order valence-electron chi connectivity index (χ4n) is 1.99. The maximum atomic E-state index is 3.29. The minimum atomic E-state index is 0. The van der Waals surface area contributed by atoms with Crippen molar-refractivity contribution in [3.8, 4) is 0 Å². The molecular weight excluding hydrogens is 295 g/mol. The third-order valence-corrected chi connectivity index (χ3v) is 3.03. The molecule has 0 N–H and O–H groups in total. The molecular formula is C17H18Zr. The van der Waals surface area contributed by atoms with Crippen LogP contribution in [-0.4, -0.2) is 0 Å². The van der Waals surface area contributed by atoms with Crippen LogP contribution in [-0.2, 0) is 26.2 Å². The predicted octanol–water partition coefficient (Wildman–Crippen LogP) is 4.64. The molecule has 0 fully saturated rings. The predicted molar refractivity (Wildman–Crippen MR) is 74.1 cm³/mol. The Labute approximate surface area is 129 Å². The zero-order chi connectivity index (χ0) is 12.3. The summed E-state index contributed by atoms with van der Waals surface area (Å²) in [5.41, 5.74) is 5.43. The van der Waals surface area contributed by atoms with E-state index in [4.69, 9.17) is 0 Å². The van der Waals surface area contributed by atoms with Crippen LogP contribution in [0.3, 0.4) is 0 Å². The second-order valence-electron chi connectivity index (χ2n) is 4.63. The van der Waals surface area contributed by atoms with Crippen molar-refractivity contribution in [2.75, 3.05) is 0 Å². The summed E-state index contributed by atoms with van der Waals surface area (Å²) in [6.45, 7) is 6.38. The zero-order valence-corrected chi connectivity index (χ0v) is 13.7. The summed E-state index contributed by atoms with van der Waals surface area (Å²) in [6, 6.07) is 14.8. The van der Waals surface area contributed by atoms with Gasteiger partial charge in [0.1, 0.15) is 0 Å². The van der Waals surface area contributed by atoms with Crippen LogP contribution in [0.5, 0.6) is 0 Å². The van der Waals surface area contributed by atoms with Gasteiger partial charge in [-0.1, -0.05) is 37.5 Å². The van der Waals surface area contributed by atoms with Crippen molar-refractivity contribution < 1.29 is 26.2 Å². The summed E-state index contributed by atoms with van der Waals surface area (Å²) in [6.07, 6.45) is 5.38. The summed E-state index contributed by atoms with van der Waals surface area (Å²) < 4.78 is 0. The number of fused-ring (bicyclic) bond motifs is 1. The Morgan fingerprint density at radius 3 is 2.39 bits per heavy atom. The van der Waals surface area contributed by atoms with Crippen LogP contribution in [0.1, 0.15) is 35.1 Å². The Kier molecular flexibility index (Phi) is 5.89. The second-order valence-corrected chi connectivity index (χ2v) is 4.63. The average molecular weight is 314 g/mol. The first-order valence-corrected chi connectivity index (χ1v) is 6.05. The molecule has 1 heteroatoms. The SMILES string of the molecule is C[c-]1cccc1.Cc1ccc2c(c1)C=[C-]C2C.[Zr+2]. The van der Waals surface area contributed by atoms with Crippen molar-refractivity contribution in [1.82, 2.24) is 0 Å². The number of aryl methyl sites for hydroxylation is 2. The van der Waals surface area contributed by atoms with Gasteiger partial charge in [0.2, 0.25) is 0 Å². The fraction of sp³-hybridized carbons (Fsp3) is 0.235. The molecule has 0 radical (unpaired) electrons. The monoisotopic (exact) mass is 312 g/mol. The van der Waals surface area contributed by atoms with Gasteiger partial charge in [0.25, 0.3) is 0 Å². The molecule has 2 aromatic carbocycles. The van der Waals surface area contributed by atoms with Gasteiger partial charge in [-0.25, -0.2) is 18.2 Å². The summed E-state index contributed by atoms with van der Waals surface area (Å²) in [4.78, 5) is 0. The maximum Gasteiger partial charge on any atom is 2.00 e. The molecule has 1 atom stereocenters.